The molecule has 1 aliphatic heterocycles. The van der Waals surface area contributed by atoms with Crippen LogP contribution >= 0.6 is 11.6 Å². The molecule has 1 saturated heterocycles. The van der Waals surface area contributed by atoms with Crippen LogP contribution in [0.2, 0.25) is 5.02 Å². The van der Waals surface area contributed by atoms with Crippen molar-refractivity contribution in [1.29, 1.82) is 0 Å². The second-order valence-corrected chi connectivity index (χ2v) is 10.1. The molecule has 1 atom stereocenters. The predicted octanol–water partition coefficient (Wildman–Crippen LogP) is 4.11. The number of methoxy groups -OCH3 is 1. The fourth-order valence-electron chi connectivity index (χ4n) is 5.21. The number of fused-ring (bicyclic) bond motifs is 1. The molecule has 9 nitrogen and oxygen atoms in total. The number of aryl methyl sites for hydroxylation is 1. The van der Waals surface area contributed by atoms with Gasteiger partial charge in [-0.25, -0.2) is 5.48 Å². The Morgan fingerprint density at radius 2 is 2.03 bits per heavy atom. The van der Waals surface area contributed by atoms with Gasteiger partial charge < -0.3 is 14.7 Å². The minimum Gasteiger partial charge on any atom is -0.497 e. The molecule has 0 aliphatic carbocycles. The molecule has 1 unspecified atom stereocenters. The molecule has 3 heterocycles. The van der Waals surface area contributed by atoms with Crippen LogP contribution in [-0.2, 0) is 11.2 Å². The summed E-state index contributed by atoms with van der Waals surface area (Å²) in [4.78, 5) is 27.9. The summed E-state index contributed by atoms with van der Waals surface area (Å²) in [6.07, 6.45) is 10.7. The summed E-state index contributed by atoms with van der Waals surface area (Å²) in [5, 5.41) is 21.8. The van der Waals surface area contributed by atoms with Crippen LogP contribution in [0.1, 0.15) is 55.9 Å². The second-order valence-electron chi connectivity index (χ2n) is 9.67. The summed E-state index contributed by atoms with van der Waals surface area (Å²) >= 11 is 6.46. The Kier molecular flexibility index (Phi) is 9.26. The van der Waals surface area contributed by atoms with Crippen LogP contribution in [0, 0.1) is 5.41 Å². The first-order valence-electron chi connectivity index (χ1n) is 12.7. The zero-order valence-electron chi connectivity index (χ0n) is 21.1. The number of hydrogen-bond acceptors (Lipinski definition) is 8. The van der Waals surface area contributed by atoms with E-state index in [4.69, 9.17) is 16.3 Å². The van der Waals surface area contributed by atoms with Gasteiger partial charge in [0.1, 0.15) is 5.75 Å². The van der Waals surface area contributed by atoms with E-state index in [0.29, 0.717) is 47.5 Å². The number of likely N-dealkylation sites (tertiary alicyclic amines) is 1. The minimum atomic E-state index is -0.896. The fraction of sp³-hybridized carbons (Fsp3) is 0.481. The third-order valence-corrected chi connectivity index (χ3v) is 7.77. The molecule has 2 aromatic heterocycles. The van der Waals surface area contributed by atoms with E-state index in [2.05, 4.69) is 19.9 Å². The maximum Gasteiger partial charge on any atom is 0.249 e. The van der Waals surface area contributed by atoms with Crippen molar-refractivity contribution in [1.82, 2.24) is 25.3 Å². The summed E-state index contributed by atoms with van der Waals surface area (Å²) in [5.74, 6) is 0.250. The van der Waals surface area contributed by atoms with Crippen LogP contribution < -0.4 is 10.2 Å². The van der Waals surface area contributed by atoms with Gasteiger partial charge in [-0.1, -0.05) is 11.6 Å². The molecule has 1 amide bonds. The number of carbonyl (C=O) groups excluding carboxylic acids is 1. The summed E-state index contributed by atoms with van der Waals surface area (Å²) in [5.41, 5.74) is 3.40. The Morgan fingerprint density at radius 1 is 1.22 bits per heavy atom. The molecular weight excluding hydrogens is 494 g/mol. The smallest absolute Gasteiger partial charge is 0.249 e. The summed E-state index contributed by atoms with van der Waals surface area (Å²) in [7, 11) is 1.58. The molecule has 4 rings (SSSR count). The number of unbranched alkanes of at least 4 members (excludes halogenated alkanes) is 1. The lowest BCUT2D eigenvalue weighted by molar-refractivity contribution is -0.143. The van der Waals surface area contributed by atoms with E-state index in [1.54, 1.807) is 25.7 Å². The molecule has 1 aliphatic rings. The monoisotopic (exact) mass is 527 g/mol. The number of piperidine rings is 1. The highest BCUT2D eigenvalue weighted by molar-refractivity contribution is 6.32. The number of ether oxygens (including phenoxy) is 1. The van der Waals surface area contributed by atoms with Crippen LogP contribution in [0.25, 0.3) is 10.9 Å². The highest BCUT2D eigenvalue weighted by atomic mass is 35.5. The second kappa shape index (κ2) is 12.6. The Hall–Kier alpha value is -2.85. The van der Waals surface area contributed by atoms with Crippen molar-refractivity contribution in [3.8, 4) is 5.75 Å². The van der Waals surface area contributed by atoms with Crippen molar-refractivity contribution in [3.05, 3.63) is 59.3 Å². The molecule has 0 radical (unpaired) electrons. The number of nitrogens with one attached hydrogen (secondary N) is 1. The molecule has 198 valence electrons. The van der Waals surface area contributed by atoms with Gasteiger partial charge in [0, 0.05) is 35.7 Å². The van der Waals surface area contributed by atoms with E-state index >= 15 is 0 Å². The number of amides is 1. The maximum absolute atomic E-state index is 12.8. The van der Waals surface area contributed by atoms with Crippen LogP contribution in [-0.4, -0.2) is 62.8 Å². The normalized spacial score (nSPS) is 16.4. The van der Waals surface area contributed by atoms with Crippen molar-refractivity contribution in [2.75, 3.05) is 26.7 Å². The zero-order valence-corrected chi connectivity index (χ0v) is 21.8. The van der Waals surface area contributed by atoms with Crippen molar-refractivity contribution in [2.45, 2.75) is 51.0 Å². The molecule has 10 heteroatoms. The lowest BCUT2D eigenvalue weighted by atomic mass is 9.73. The Labute approximate surface area is 221 Å². The van der Waals surface area contributed by atoms with Gasteiger partial charge in [0.2, 0.25) is 5.91 Å². The largest absolute Gasteiger partial charge is 0.497 e. The van der Waals surface area contributed by atoms with Gasteiger partial charge in [0.25, 0.3) is 0 Å². The zero-order chi connectivity index (χ0) is 26.3. The average Bonchev–Trinajstić information content (AvgIpc) is 2.94. The first-order valence-corrected chi connectivity index (χ1v) is 13.1. The van der Waals surface area contributed by atoms with Crippen LogP contribution in [0.15, 0.2) is 43.0 Å². The fourth-order valence-corrected chi connectivity index (χ4v) is 5.48. The third-order valence-electron chi connectivity index (χ3n) is 7.47. The van der Waals surface area contributed by atoms with Crippen LogP contribution in [0.5, 0.6) is 5.75 Å². The Morgan fingerprint density at radius 3 is 2.73 bits per heavy atom. The number of rotatable bonds is 11. The van der Waals surface area contributed by atoms with E-state index in [1.165, 1.54) is 6.20 Å². The first kappa shape index (κ1) is 27.2. The predicted molar refractivity (Wildman–Crippen MR) is 141 cm³/mol. The number of pyridine rings is 1. The summed E-state index contributed by atoms with van der Waals surface area (Å²) in [6, 6.07) is 5.44. The summed E-state index contributed by atoms with van der Waals surface area (Å²) in [6.45, 7) is 2.45. The van der Waals surface area contributed by atoms with E-state index in [1.807, 2.05) is 23.7 Å². The molecule has 37 heavy (non-hydrogen) atoms. The van der Waals surface area contributed by atoms with Crippen molar-refractivity contribution < 1.29 is 19.8 Å². The Bertz CT molecular complexity index is 1190. The quantitative estimate of drug-likeness (QED) is 0.193. The van der Waals surface area contributed by atoms with E-state index in [9.17, 15) is 15.1 Å². The van der Waals surface area contributed by atoms with E-state index < -0.39 is 17.4 Å². The highest BCUT2D eigenvalue weighted by Crippen LogP contribution is 2.41. The van der Waals surface area contributed by atoms with Gasteiger partial charge in [0.15, 0.2) is 0 Å². The van der Waals surface area contributed by atoms with Gasteiger partial charge in [0.05, 0.1) is 34.9 Å². The van der Waals surface area contributed by atoms with Crippen molar-refractivity contribution in [3.63, 3.8) is 0 Å². The first-order chi connectivity index (χ1) is 18.0. The van der Waals surface area contributed by atoms with Gasteiger partial charge in [-0.2, -0.15) is 0 Å². The standard InChI is InChI=1S/C27H34ClN5O4/c1-37-20-5-6-23-21(16-20)25(22(28)18-31-23)24(34)7-8-27(26(35)32-36)9-14-33(15-10-27)13-3-2-4-19-17-29-11-12-30-19/h5-6,11-12,16-18,24,34,36H,2-4,7-10,13-15H2,1H3,(H,32,35). The summed E-state index contributed by atoms with van der Waals surface area (Å²) < 4.78 is 5.34. The number of benzene rings is 1. The number of aliphatic hydroxyl groups excluding tert-OH is 1. The van der Waals surface area contributed by atoms with Crippen LogP contribution in [0.4, 0.5) is 0 Å². The number of hydroxylamine groups is 1. The molecule has 0 saturated carbocycles. The molecule has 1 aromatic carbocycles. The molecule has 3 aromatic rings. The Balaban J connectivity index is 1.36. The molecule has 0 spiro atoms. The maximum atomic E-state index is 12.8. The van der Waals surface area contributed by atoms with Crippen molar-refractivity contribution in [2.24, 2.45) is 5.41 Å². The number of halogens is 1. The topological polar surface area (TPSA) is 121 Å². The highest BCUT2D eigenvalue weighted by Gasteiger charge is 2.41. The number of carbonyl (C=O) groups is 1. The van der Waals surface area contributed by atoms with Gasteiger partial charge in [-0.05, 0) is 82.8 Å². The average molecular weight is 528 g/mol. The van der Waals surface area contributed by atoms with E-state index in [0.717, 1.165) is 50.0 Å². The molecule has 3 N–H and O–H groups in total. The lowest BCUT2D eigenvalue weighted by Crippen LogP contribution is -2.48. The van der Waals surface area contributed by atoms with E-state index in [-0.39, 0.29) is 0 Å². The minimum absolute atomic E-state index is 0.321. The van der Waals surface area contributed by atoms with Gasteiger partial charge in [-0.3, -0.25) is 25.0 Å². The third kappa shape index (κ3) is 6.54. The van der Waals surface area contributed by atoms with Gasteiger partial charge >= 0.3 is 0 Å². The SMILES string of the molecule is COc1ccc2ncc(Cl)c(C(O)CCC3(C(=O)NO)CCN(CCCCc4cnccn4)CC3)c2c1. The lowest BCUT2D eigenvalue weighted by Gasteiger charge is -2.40. The van der Waals surface area contributed by atoms with Crippen LogP contribution in [0.3, 0.4) is 0 Å². The molecule has 1 fully saturated rings. The number of nitrogens with zero attached hydrogens (tertiary/aromatic N) is 4. The molecule has 0 bridgehead atoms. The number of aromatic nitrogens is 3. The van der Waals surface area contributed by atoms with Gasteiger partial charge in [-0.15, -0.1) is 0 Å². The number of hydrogen-bond donors (Lipinski definition) is 3. The van der Waals surface area contributed by atoms with Crippen molar-refractivity contribution >= 4 is 28.4 Å². The molecular formula is C27H34ClN5O4. The number of aliphatic hydroxyl groups is 1.